The SMILES string of the molecule is CCOC(=O)c1ccc(N2C(=O)C(=Cc3ccccc3C)N=C2SCC)cc1. The van der Waals surface area contributed by atoms with Gasteiger partial charge in [0, 0.05) is 0 Å². The molecule has 0 bridgehead atoms. The minimum Gasteiger partial charge on any atom is -0.462 e. The van der Waals surface area contributed by atoms with Gasteiger partial charge in [0.05, 0.1) is 17.9 Å². The van der Waals surface area contributed by atoms with Gasteiger partial charge in [-0.25, -0.2) is 9.79 Å². The van der Waals surface area contributed by atoms with Crippen LogP contribution in [0.4, 0.5) is 5.69 Å². The molecular weight excluding hydrogens is 372 g/mol. The number of nitrogens with zero attached hydrogens (tertiary/aromatic N) is 2. The number of rotatable bonds is 5. The standard InChI is InChI=1S/C22H22N2O3S/c1-4-27-21(26)16-10-12-18(13-11-16)24-20(25)19(23-22(24)28-5-2)14-17-9-7-6-8-15(17)3/h6-14H,4-5H2,1-3H3. The van der Waals surface area contributed by atoms with Gasteiger partial charge < -0.3 is 4.74 Å². The second-order valence-corrected chi connectivity index (χ2v) is 7.35. The van der Waals surface area contributed by atoms with Crippen molar-refractivity contribution in [2.75, 3.05) is 17.3 Å². The van der Waals surface area contributed by atoms with Crippen LogP contribution >= 0.6 is 11.8 Å². The molecule has 0 saturated carbocycles. The third-order valence-corrected chi connectivity index (χ3v) is 5.04. The van der Waals surface area contributed by atoms with Crippen molar-refractivity contribution in [1.29, 1.82) is 0 Å². The molecule has 0 saturated heterocycles. The highest BCUT2D eigenvalue weighted by Gasteiger charge is 2.31. The van der Waals surface area contributed by atoms with Crippen molar-refractivity contribution in [3.8, 4) is 0 Å². The van der Waals surface area contributed by atoms with E-state index in [1.54, 1.807) is 36.1 Å². The Morgan fingerprint density at radius 1 is 1.14 bits per heavy atom. The maximum Gasteiger partial charge on any atom is 0.338 e. The van der Waals surface area contributed by atoms with Gasteiger partial charge in [0.2, 0.25) is 0 Å². The maximum atomic E-state index is 13.1. The number of amidine groups is 1. The Labute approximate surface area is 169 Å². The number of carbonyl (C=O) groups is 2. The Kier molecular flexibility index (Phi) is 6.31. The molecule has 144 valence electrons. The molecule has 1 aliphatic heterocycles. The van der Waals surface area contributed by atoms with Gasteiger partial charge in [0.1, 0.15) is 5.70 Å². The molecule has 0 fully saturated rings. The Balaban J connectivity index is 1.93. The summed E-state index contributed by atoms with van der Waals surface area (Å²) >= 11 is 1.51. The monoisotopic (exact) mass is 394 g/mol. The van der Waals surface area contributed by atoms with Gasteiger partial charge in [-0.15, -0.1) is 0 Å². The highest BCUT2D eigenvalue weighted by molar-refractivity contribution is 8.14. The van der Waals surface area contributed by atoms with Crippen LogP contribution in [-0.4, -0.2) is 29.4 Å². The van der Waals surface area contributed by atoms with Gasteiger partial charge in [0.25, 0.3) is 5.91 Å². The summed E-state index contributed by atoms with van der Waals surface area (Å²) in [5.41, 5.74) is 3.58. The molecule has 0 radical (unpaired) electrons. The lowest BCUT2D eigenvalue weighted by molar-refractivity contribution is -0.113. The van der Waals surface area contributed by atoms with Crippen LogP contribution < -0.4 is 4.90 Å². The number of aryl methyl sites for hydroxylation is 1. The summed E-state index contributed by atoms with van der Waals surface area (Å²) in [6, 6.07) is 14.7. The van der Waals surface area contributed by atoms with Gasteiger partial charge >= 0.3 is 5.97 Å². The zero-order chi connectivity index (χ0) is 20.1. The summed E-state index contributed by atoms with van der Waals surface area (Å²) in [4.78, 5) is 31.1. The number of amides is 1. The van der Waals surface area contributed by atoms with Gasteiger partial charge in [-0.1, -0.05) is 43.0 Å². The molecule has 3 rings (SSSR count). The lowest BCUT2D eigenvalue weighted by Crippen LogP contribution is -2.30. The van der Waals surface area contributed by atoms with E-state index in [2.05, 4.69) is 4.99 Å². The van der Waals surface area contributed by atoms with Crippen molar-refractivity contribution in [2.24, 2.45) is 4.99 Å². The minimum absolute atomic E-state index is 0.178. The van der Waals surface area contributed by atoms with Crippen LogP contribution in [0.1, 0.15) is 35.3 Å². The Morgan fingerprint density at radius 2 is 1.86 bits per heavy atom. The van der Waals surface area contributed by atoms with E-state index < -0.39 is 0 Å². The minimum atomic E-state index is -0.376. The van der Waals surface area contributed by atoms with Crippen LogP contribution in [0.15, 0.2) is 59.2 Å². The molecule has 2 aromatic carbocycles. The molecule has 0 aromatic heterocycles. The van der Waals surface area contributed by atoms with Crippen LogP contribution in [0.25, 0.3) is 6.08 Å². The number of hydrogen-bond acceptors (Lipinski definition) is 5. The molecule has 1 aliphatic rings. The first-order valence-corrected chi connectivity index (χ1v) is 10.1. The van der Waals surface area contributed by atoms with Crippen molar-refractivity contribution in [3.05, 3.63) is 70.9 Å². The van der Waals surface area contributed by atoms with Crippen molar-refractivity contribution < 1.29 is 14.3 Å². The van der Waals surface area contributed by atoms with Crippen LogP contribution in [0.3, 0.4) is 0 Å². The first-order valence-electron chi connectivity index (χ1n) is 9.15. The van der Waals surface area contributed by atoms with Crippen molar-refractivity contribution in [2.45, 2.75) is 20.8 Å². The van der Waals surface area contributed by atoms with E-state index in [1.165, 1.54) is 11.8 Å². The summed E-state index contributed by atoms with van der Waals surface area (Å²) in [7, 11) is 0. The number of ether oxygens (including phenoxy) is 1. The molecule has 0 unspecified atom stereocenters. The summed E-state index contributed by atoms with van der Waals surface area (Å²) in [6.07, 6.45) is 1.82. The predicted octanol–water partition coefficient (Wildman–Crippen LogP) is 4.67. The Morgan fingerprint density at radius 3 is 2.50 bits per heavy atom. The molecule has 1 amide bonds. The highest BCUT2D eigenvalue weighted by Crippen LogP contribution is 2.30. The van der Waals surface area contributed by atoms with Gasteiger partial charge in [-0.2, -0.15) is 0 Å². The third kappa shape index (κ3) is 4.17. The maximum absolute atomic E-state index is 13.1. The summed E-state index contributed by atoms with van der Waals surface area (Å²) in [5, 5.41) is 0.635. The molecule has 0 N–H and O–H groups in total. The number of esters is 1. The fraction of sp³-hybridized carbons (Fsp3) is 0.227. The average Bonchev–Trinajstić information content (AvgIpc) is 2.99. The number of benzene rings is 2. The van der Waals surface area contributed by atoms with E-state index in [0.717, 1.165) is 16.9 Å². The van der Waals surface area contributed by atoms with Crippen molar-refractivity contribution >= 4 is 40.6 Å². The Bertz CT molecular complexity index is 949. The van der Waals surface area contributed by atoms with Gasteiger partial charge in [-0.05, 0) is 61.1 Å². The van der Waals surface area contributed by atoms with Crippen LogP contribution in [0.5, 0.6) is 0 Å². The van der Waals surface area contributed by atoms with Crippen molar-refractivity contribution in [3.63, 3.8) is 0 Å². The van der Waals surface area contributed by atoms with Crippen molar-refractivity contribution in [1.82, 2.24) is 0 Å². The molecule has 28 heavy (non-hydrogen) atoms. The van der Waals surface area contributed by atoms with E-state index in [1.807, 2.05) is 44.2 Å². The van der Waals surface area contributed by atoms with E-state index in [4.69, 9.17) is 4.74 Å². The quantitative estimate of drug-likeness (QED) is 0.546. The molecule has 1 heterocycles. The Hall–Kier alpha value is -2.86. The van der Waals surface area contributed by atoms with E-state index in [-0.39, 0.29) is 11.9 Å². The highest BCUT2D eigenvalue weighted by atomic mass is 32.2. The normalized spacial score (nSPS) is 15.1. The van der Waals surface area contributed by atoms with E-state index in [9.17, 15) is 9.59 Å². The fourth-order valence-corrected chi connectivity index (χ4v) is 3.55. The number of thioether (sulfide) groups is 1. The molecule has 0 aliphatic carbocycles. The molecular formula is C22H22N2O3S. The molecule has 6 heteroatoms. The lowest BCUT2D eigenvalue weighted by Gasteiger charge is -2.17. The number of aliphatic imine (C=N–C) groups is 1. The number of carbonyl (C=O) groups excluding carboxylic acids is 2. The first kappa shape index (κ1) is 19.9. The van der Waals surface area contributed by atoms with Gasteiger partial charge in [0.15, 0.2) is 5.17 Å². The largest absolute Gasteiger partial charge is 0.462 e. The zero-order valence-corrected chi connectivity index (χ0v) is 17.0. The number of anilines is 1. The predicted molar refractivity (Wildman–Crippen MR) is 115 cm³/mol. The number of hydrogen-bond donors (Lipinski definition) is 0. The second-order valence-electron chi connectivity index (χ2n) is 6.12. The molecule has 5 nitrogen and oxygen atoms in total. The third-order valence-electron chi connectivity index (χ3n) is 4.22. The smallest absolute Gasteiger partial charge is 0.338 e. The topological polar surface area (TPSA) is 59.0 Å². The van der Waals surface area contributed by atoms with E-state index in [0.29, 0.717) is 28.7 Å². The molecule has 0 spiro atoms. The summed E-state index contributed by atoms with van der Waals surface area (Å²) in [5.74, 6) is 0.239. The fourth-order valence-electron chi connectivity index (χ4n) is 2.81. The first-order chi connectivity index (χ1) is 13.5. The van der Waals surface area contributed by atoms with Crippen LogP contribution in [0.2, 0.25) is 0 Å². The van der Waals surface area contributed by atoms with E-state index >= 15 is 0 Å². The average molecular weight is 394 g/mol. The molecule has 2 aromatic rings. The summed E-state index contributed by atoms with van der Waals surface area (Å²) < 4.78 is 5.01. The van der Waals surface area contributed by atoms with Crippen LogP contribution in [0, 0.1) is 6.92 Å². The lowest BCUT2D eigenvalue weighted by atomic mass is 10.1. The zero-order valence-electron chi connectivity index (χ0n) is 16.1. The second kappa shape index (κ2) is 8.89. The van der Waals surface area contributed by atoms with Crippen LogP contribution in [-0.2, 0) is 9.53 Å². The molecule has 0 atom stereocenters. The van der Waals surface area contributed by atoms with Gasteiger partial charge in [-0.3, -0.25) is 9.69 Å². The summed E-state index contributed by atoms with van der Waals surface area (Å²) in [6.45, 7) is 6.11.